The van der Waals surface area contributed by atoms with Crippen molar-refractivity contribution in [1.29, 1.82) is 0 Å². The number of ketones is 1. The van der Waals surface area contributed by atoms with Gasteiger partial charge in [-0.1, -0.05) is 11.6 Å². The molecule has 0 aliphatic carbocycles. The van der Waals surface area contributed by atoms with Crippen LogP contribution in [0.3, 0.4) is 0 Å². The maximum absolute atomic E-state index is 13.4. The number of benzene rings is 1. The molecule has 0 radical (unpaired) electrons. The van der Waals surface area contributed by atoms with E-state index >= 15 is 0 Å². The van der Waals surface area contributed by atoms with Gasteiger partial charge in [-0.15, -0.1) is 0 Å². The number of Topliss-reactive ketones (excluding diaryl/α,β-unsaturated/α-hetero) is 1. The lowest BCUT2D eigenvalue weighted by Gasteiger charge is -2.14. The van der Waals surface area contributed by atoms with E-state index in [1.807, 2.05) is 6.92 Å². The minimum Gasteiger partial charge on any atom is -0.493 e. The van der Waals surface area contributed by atoms with E-state index in [1.54, 1.807) is 23.6 Å². The molecule has 6 nitrogen and oxygen atoms in total. The van der Waals surface area contributed by atoms with Crippen LogP contribution in [0.5, 0.6) is 0 Å². The van der Waals surface area contributed by atoms with Crippen LogP contribution in [0.4, 0.5) is 4.39 Å². The van der Waals surface area contributed by atoms with Crippen LogP contribution in [0, 0.1) is 19.7 Å². The van der Waals surface area contributed by atoms with E-state index in [9.17, 15) is 14.0 Å². The van der Waals surface area contributed by atoms with Gasteiger partial charge in [-0.3, -0.25) is 4.79 Å². The van der Waals surface area contributed by atoms with Crippen molar-refractivity contribution < 1.29 is 28.2 Å². The topological polar surface area (TPSA) is 66.8 Å². The number of aryl methyl sites for hydroxylation is 1. The molecule has 1 aliphatic rings. The van der Waals surface area contributed by atoms with Gasteiger partial charge in [0.15, 0.2) is 6.61 Å². The SMILES string of the molecule is Cc1cc(C(=O)COC(=O)C2=COCCO2)c(C)n1-c1ccc(F)c(Cl)c1. The number of carbonyl (C=O) groups excluding carboxylic acids is 2. The molecule has 1 aromatic heterocycles. The van der Waals surface area contributed by atoms with Crippen LogP contribution in [0.2, 0.25) is 5.02 Å². The Labute approximate surface area is 160 Å². The third kappa shape index (κ3) is 3.98. The fourth-order valence-electron chi connectivity index (χ4n) is 2.82. The highest BCUT2D eigenvalue weighted by atomic mass is 35.5. The lowest BCUT2D eigenvalue weighted by atomic mass is 10.1. The molecular formula is C19H17ClFNO5. The van der Waals surface area contributed by atoms with Gasteiger partial charge in [-0.05, 0) is 38.1 Å². The maximum Gasteiger partial charge on any atom is 0.377 e. The Morgan fingerprint density at radius 3 is 2.70 bits per heavy atom. The first-order valence-electron chi connectivity index (χ1n) is 8.17. The predicted octanol–water partition coefficient (Wildman–Crippen LogP) is 3.50. The van der Waals surface area contributed by atoms with Crippen molar-refractivity contribution in [3.8, 4) is 5.69 Å². The third-order valence-corrected chi connectivity index (χ3v) is 4.37. The molecular weight excluding hydrogens is 377 g/mol. The highest BCUT2D eigenvalue weighted by Gasteiger charge is 2.21. The van der Waals surface area contributed by atoms with Crippen LogP contribution >= 0.6 is 11.6 Å². The second-order valence-electron chi connectivity index (χ2n) is 5.92. The first kappa shape index (κ1) is 19.0. The number of rotatable bonds is 5. The van der Waals surface area contributed by atoms with Crippen molar-refractivity contribution in [3.63, 3.8) is 0 Å². The van der Waals surface area contributed by atoms with Gasteiger partial charge in [0.1, 0.15) is 25.3 Å². The van der Waals surface area contributed by atoms with Gasteiger partial charge in [-0.25, -0.2) is 9.18 Å². The minimum absolute atomic E-state index is 0.00946. The number of esters is 1. The van der Waals surface area contributed by atoms with Gasteiger partial charge < -0.3 is 18.8 Å². The highest BCUT2D eigenvalue weighted by Crippen LogP contribution is 2.25. The Balaban J connectivity index is 1.77. The fourth-order valence-corrected chi connectivity index (χ4v) is 3.00. The summed E-state index contributed by atoms with van der Waals surface area (Å²) < 4.78 is 30.3. The van der Waals surface area contributed by atoms with Crippen molar-refractivity contribution in [2.45, 2.75) is 13.8 Å². The molecule has 2 aromatic rings. The second-order valence-corrected chi connectivity index (χ2v) is 6.33. The molecule has 3 rings (SSSR count). The fraction of sp³-hybridized carbons (Fsp3) is 0.263. The summed E-state index contributed by atoms with van der Waals surface area (Å²) >= 11 is 5.86. The Bertz CT molecular complexity index is 934. The zero-order valence-corrected chi connectivity index (χ0v) is 15.5. The summed E-state index contributed by atoms with van der Waals surface area (Å²) in [5.41, 5.74) is 2.42. The molecule has 0 amide bonds. The van der Waals surface area contributed by atoms with Crippen LogP contribution in [-0.2, 0) is 19.0 Å². The van der Waals surface area contributed by atoms with Crippen molar-refractivity contribution in [2.24, 2.45) is 0 Å². The van der Waals surface area contributed by atoms with Crippen LogP contribution in [0.25, 0.3) is 5.69 Å². The largest absolute Gasteiger partial charge is 0.493 e. The van der Waals surface area contributed by atoms with Crippen molar-refractivity contribution in [1.82, 2.24) is 4.57 Å². The summed E-state index contributed by atoms with van der Waals surface area (Å²) in [7, 11) is 0. The van der Waals surface area contributed by atoms with E-state index in [-0.39, 0.29) is 23.2 Å². The number of hydrogen-bond acceptors (Lipinski definition) is 5. The van der Waals surface area contributed by atoms with E-state index in [1.165, 1.54) is 18.4 Å². The Morgan fingerprint density at radius 1 is 1.26 bits per heavy atom. The number of hydrogen-bond donors (Lipinski definition) is 0. The van der Waals surface area contributed by atoms with Gasteiger partial charge >= 0.3 is 5.97 Å². The van der Waals surface area contributed by atoms with Crippen LogP contribution in [0.15, 0.2) is 36.3 Å². The summed E-state index contributed by atoms with van der Waals surface area (Å²) in [5.74, 6) is -1.72. The number of nitrogens with zero attached hydrogens (tertiary/aromatic N) is 1. The normalized spacial score (nSPS) is 13.4. The molecule has 0 spiro atoms. The van der Waals surface area contributed by atoms with Crippen molar-refractivity contribution >= 4 is 23.4 Å². The molecule has 1 aliphatic heterocycles. The maximum atomic E-state index is 13.4. The Morgan fingerprint density at radius 2 is 2.04 bits per heavy atom. The molecule has 0 unspecified atom stereocenters. The molecule has 0 saturated heterocycles. The third-order valence-electron chi connectivity index (χ3n) is 4.08. The lowest BCUT2D eigenvalue weighted by Crippen LogP contribution is -2.20. The quantitative estimate of drug-likeness (QED) is 0.574. The first-order chi connectivity index (χ1) is 12.9. The summed E-state index contributed by atoms with van der Waals surface area (Å²) in [4.78, 5) is 24.4. The number of aromatic nitrogens is 1. The number of ether oxygens (including phenoxy) is 3. The van der Waals surface area contributed by atoms with Gasteiger partial charge in [0, 0.05) is 22.6 Å². The van der Waals surface area contributed by atoms with Gasteiger partial charge in [0.25, 0.3) is 0 Å². The van der Waals surface area contributed by atoms with Crippen LogP contribution < -0.4 is 0 Å². The van der Waals surface area contributed by atoms with E-state index in [0.29, 0.717) is 23.6 Å². The number of halogens is 2. The van der Waals surface area contributed by atoms with Crippen LogP contribution in [-0.4, -0.2) is 36.1 Å². The average molecular weight is 394 g/mol. The molecule has 1 aromatic carbocycles. The predicted molar refractivity (Wildman–Crippen MR) is 95.5 cm³/mol. The zero-order valence-electron chi connectivity index (χ0n) is 14.8. The molecule has 8 heteroatoms. The Kier molecular flexibility index (Phi) is 5.51. The van der Waals surface area contributed by atoms with Crippen molar-refractivity contribution in [2.75, 3.05) is 19.8 Å². The average Bonchev–Trinajstić information content (AvgIpc) is 2.97. The molecule has 0 bridgehead atoms. The second kappa shape index (κ2) is 7.84. The summed E-state index contributed by atoms with van der Waals surface area (Å²) in [6, 6.07) is 6.00. The monoisotopic (exact) mass is 393 g/mol. The standard InChI is InChI=1S/C19H17ClFNO5/c1-11-7-14(12(2)22(11)13-3-4-16(21)15(20)8-13)17(23)9-27-19(24)18-10-25-5-6-26-18/h3-4,7-8,10H,5-6,9H2,1-2H3. The number of carbonyl (C=O) groups is 2. The smallest absolute Gasteiger partial charge is 0.377 e. The molecule has 27 heavy (non-hydrogen) atoms. The summed E-state index contributed by atoms with van der Waals surface area (Å²) in [5, 5.41) is -0.00946. The molecule has 0 fully saturated rings. The van der Waals surface area contributed by atoms with Gasteiger partial charge in [0.05, 0.1) is 5.02 Å². The Hall–Kier alpha value is -2.80. The summed E-state index contributed by atoms with van der Waals surface area (Å²) in [6.45, 7) is 3.73. The minimum atomic E-state index is -0.762. The van der Waals surface area contributed by atoms with Crippen molar-refractivity contribution in [3.05, 3.63) is 64.1 Å². The molecule has 142 valence electrons. The zero-order chi connectivity index (χ0) is 19.6. The van der Waals surface area contributed by atoms with E-state index in [4.69, 9.17) is 25.8 Å². The molecule has 0 atom stereocenters. The molecule has 2 heterocycles. The highest BCUT2D eigenvalue weighted by molar-refractivity contribution is 6.30. The first-order valence-corrected chi connectivity index (χ1v) is 8.55. The molecule has 0 N–H and O–H groups in total. The summed E-state index contributed by atoms with van der Waals surface area (Å²) in [6.07, 6.45) is 1.17. The van der Waals surface area contributed by atoms with Gasteiger partial charge in [0.2, 0.25) is 11.5 Å². The van der Waals surface area contributed by atoms with E-state index in [2.05, 4.69) is 0 Å². The molecule has 0 saturated carbocycles. The van der Waals surface area contributed by atoms with E-state index < -0.39 is 18.4 Å². The lowest BCUT2D eigenvalue weighted by molar-refractivity contribution is -0.143. The van der Waals surface area contributed by atoms with E-state index in [0.717, 1.165) is 5.69 Å². The van der Waals surface area contributed by atoms with Crippen LogP contribution in [0.1, 0.15) is 21.7 Å². The van der Waals surface area contributed by atoms with Gasteiger partial charge in [-0.2, -0.15) is 0 Å².